The first-order chi connectivity index (χ1) is 5.84. The number of aryl methyl sites for hydroxylation is 1. The van der Waals surface area contributed by atoms with E-state index in [1.807, 2.05) is 6.92 Å². The van der Waals surface area contributed by atoms with Crippen LogP contribution in [-0.4, -0.2) is 14.7 Å². The molecule has 1 rings (SSSR count). The van der Waals surface area contributed by atoms with E-state index in [2.05, 4.69) is 15.9 Å². The van der Waals surface area contributed by atoms with E-state index in [4.69, 9.17) is 0 Å². The molecule has 0 heterocycles. The number of hydrogen-bond acceptors (Lipinski definition) is 2. The second-order valence-electron chi connectivity index (χ2n) is 3.09. The predicted octanol–water partition coefficient (Wildman–Crippen LogP) is 2.47. The largest absolute Gasteiger partial charge is 0.224 e. The van der Waals surface area contributed by atoms with Gasteiger partial charge in [0.05, 0.1) is 4.90 Å². The highest BCUT2D eigenvalue weighted by Gasteiger charge is 2.13. The first-order valence-corrected chi connectivity index (χ1v) is 6.48. The van der Waals surface area contributed by atoms with Gasteiger partial charge in [0.25, 0.3) is 0 Å². The van der Waals surface area contributed by atoms with Crippen LogP contribution in [0.4, 0.5) is 0 Å². The summed E-state index contributed by atoms with van der Waals surface area (Å²) in [6.45, 7) is 3.73. The molecule has 72 valence electrons. The van der Waals surface area contributed by atoms with E-state index in [-0.39, 0.29) is 0 Å². The van der Waals surface area contributed by atoms with Crippen LogP contribution in [0.25, 0.3) is 0 Å². The van der Waals surface area contributed by atoms with Gasteiger partial charge in [-0.05, 0) is 31.0 Å². The van der Waals surface area contributed by atoms with Crippen LogP contribution >= 0.6 is 15.9 Å². The Hall–Kier alpha value is -0.350. The summed E-state index contributed by atoms with van der Waals surface area (Å²) in [5.41, 5.74) is 1.83. The van der Waals surface area contributed by atoms with Crippen LogP contribution in [0.5, 0.6) is 0 Å². The van der Waals surface area contributed by atoms with Crippen molar-refractivity contribution in [3.8, 4) is 0 Å². The third-order valence-corrected chi connectivity index (χ3v) is 4.39. The van der Waals surface area contributed by atoms with Crippen LogP contribution in [0.2, 0.25) is 0 Å². The maximum atomic E-state index is 11.3. The van der Waals surface area contributed by atoms with Gasteiger partial charge in [-0.15, -0.1) is 0 Å². The van der Waals surface area contributed by atoms with E-state index in [1.54, 1.807) is 19.1 Å². The highest BCUT2D eigenvalue weighted by Crippen LogP contribution is 2.26. The lowest BCUT2D eigenvalue weighted by Crippen LogP contribution is -2.01. The fourth-order valence-corrected chi connectivity index (χ4v) is 2.65. The van der Waals surface area contributed by atoms with Crippen LogP contribution in [0.15, 0.2) is 21.5 Å². The smallest absolute Gasteiger partial charge is 0.175 e. The Morgan fingerprint density at radius 3 is 2.23 bits per heavy atom. The lowest BCUT2D eigenvalue weighted by atomic mass is 10.2. The maximum absolute atomic E-state index is 11.3. The standard InChI is InChI=1S/C9H11BrO2S/c1-6-4-5-8(13(3,11)12)7(2)9(6)10/h4-5H,1-3H3. The van der Waals surface area contributed by atoms with Crippen LogP contribution in [0.3, 0.4) is 0 Å². The van der Waals surface area contributed by atoms with Gasteiger partial charge in [-0.3, -0.25) is 0 Å². The fraction of sp³-hybridized carbons (Fsp3) is 0.333. The van der Waals surface area contributed by atoms with Gasteiger partial charge in [0, 0.05) is 10.7 Å². The van der Waals surface area contributed by atoms with Crippen LogP contribution in [-0.2, 0) is 9.84 Å². The topological polar surface area (TPSA) is 34.1 Å². The molecule has 0 saturated carbocycles. The summed E-state index contributed by atoms with van der Waals surface area (Å²) in [5, 5.41) is 0. The summed E-state index contributed by atoms with van der Waals surface area (Å²) >= 11 is 3.36. The Labute approximate surface area is 87.0 Å². The second kappa shape index (κ2) is 3.42. The second-order valence-corrected chi connectivity index (χ2v) is 5.87. The molecule has 0 fully saturated rings. The molecule has 0 saturated heterocycles. The van der Waals surface area contributed by atoms with Crippen molar-refractivity contribution in [2.24, 2.45) is 0 Å². The van der Waals surface area contributed by atoms with Gasteiger partial charge in [-0.25, -0.2) is 8.42 Å². The zero-order valence-corrected chi connectivity index (χ0v) is 10.2. The van der Waals surface area contributed by atoms with Gasteiger partial charge in [0.2, 0.25) is 0 Å². The SMILES string of the molecule is Cc1ccc(S(C)(=O)=O)c(C)c1Br. The lowest BCUT2D eigenvalue weighted by molar-refractivity contribution is 0.601. The van der Waals surface area contributed by atoms with Crippen molar-refractivity contribution in [2.75, 3.05) is 6.26 Å². The molecule has 2 nitrogen and oxygen atoms in total. The molecule has 13 heavy (non-hydrogen) atoms. The zero-order chi connectivity index (χ0) is 10.2. The summed E-state index contributed by atoms with van der Waals surface area (Å²) in [5.74, 6) is 0. The quantitative estimate of drug-likeness (QED) is 0.780. The minimum Gasteiger partial charge on any atom is -0.224 e. The van der Waals surface area contributed by atoms with Crippen LogP contribution in [0, 0.1) is 13.8 Å². The molecule has 0 spiro atoms. The van der Waals surface area contributed by atoms with E-state index in [1.165, 1.54) is 6.26 Å². The Kier molecular flexibility index (Phi) is 2.82. The van der Waals surface area contributed by atoms with Gasteiger partial charge in [-0.2, -0.15) is 0 Å². The molecule has 0 N–H and O–H groups in total. The third kappa shape index (κ3) is 2.11. The monoisotopic (exact) mass is 262 g/mol. The normalized spacial score (nSPS) is 11.7. The fourth-order valence-electron chi connectivity index (χ4n) is 1.20. The molecule has 4 heteroatoms. The van der Waals surface area contributed by atoms with Crippen molar-refractivity contribution in [3.05, 3.63) is 27.7 Å². The Balaban J connectivity index is 3.53. The summed E-state index contributed by atoms with van der Waals surface area (Å²) in [6, 6.07) is 3.44. The van der Waals surface area contributed by atoms with Crippen molar-refractivity contribution < 1.29 is 8.42 Å². The average Bonchev–Trinajstić information content (AvgIpc) is 1.98. The first-order valence-electron chi connectivity index (χ1n) is 3.80. The molecule has 0 unspecified atom stereocenters. The van der Waals surface area contributed by atoms with E-state index >= 15 is 0 Å². The van der Waals surface area contributed by atoms with Gasteiger partial charge in [-0.1, -0.05) is 22.0 Å². The minimum atomic E-state index is -3.10. The van der Waals surface area contributed by atoms with Crippen molar-refractivity contribution >= 4 is 25.8 Å². The van der Waals surface area contributed by atoms with Crippen molar-refractivity contribution in [2.45, 2.75) is 18.7 Å². The molecular weight excluding hydrogens is 252 g/mol. The van der Waals surface area contributed by atoms with E-state index in [9.17, 15) is 8.42 Å². The van der Waals surface area contributed by atoms with Gasteiger partial charge in [0.15, 0.2) is 9.84 Å². The first kappa shape index (κ1) is 10.7. The number of hydrogen-bond donors (Lipinski definition) is 0. The Bertz CT molecular complexity index is 435. The molecule has 0 aliphatic rings. The molecule has 0 aliphatic carbocycles. The molecule has 0 aliphatic heterocycles. The molecule has 1 aromatic rings. The molecule has 0 atom stereocenters. The molecule has 1 aromatic carbocycles. The number of rotatable bonds is 1. The average molecular weight is 263 g/mol. The summed E-state index contributed by atoms with van der Waals surface area (Å²) < 4.78 is 23.5. The van der Waals surface area contributed by atoms with E-state index in [0.29, 0.717) is 4.90 Å². The van der Waals surface area contributed by atoms with Crippen LogP contribution < -0.4 is 0 Å². The van der Waals surface area contributed by atoms with Crippen LogP contribution in [0.1, 0.15) is 11.1 Å². The molecule has 0 radical (unpaired) electrons. The maximum Gasteiger partial charge on any atom is 0.175 e. The lowest BCUT2D eigenvalue weighted by Gasteiger charge is -2.07. The molecule has 0 amide bonds. The van der Waals surface area contributed by atoms with Crippen molar-refractivity contribution in [3.63, 3.8) is 0 Å². The Morgan fingerprint density at radius 2 is 1.77 bits per heavy atom. The van der Waals surface area contributed by atoms with E-state index < -0.39 is 9.84 Å². The predicted molar refractivity (Wildman–Crippen MR) is 56.7 cm³/mol. The minimum absolute atomic E-state index is 0.393. The highest BCUT2D eigenvalue weighted by atomic mass is 79.9. The number of sulfone groups is 1. The molecule has 0 aromatic heterocycles. The van der Waals surface area contributed by atoms with Crippen molar-refractivity contribution in [1.82, 2.24) is 0 Å². The van der Waals surface area contributed by atoms with Crippen molar-refractivity contribution in [1.29, 1.82) is 0 Å². The highest BCUT2D eigenvalue weighted by molar-refractivity contribution is 9.10. The summed E-state index contributed by atoms with van der Waals surface area (Å²) in [6.07, 6.45) is 1.22. The third-order valence-electron chi connectivity index (χ3n) is 1.93. The molecular formula is C9H11BrO2S. The Morgan fingerprint density at radius 1 is 1.23 bits per heavy atom. The number of benzene rings is 1. The van der Waals surface area contributed by atoms with Gasteiger partial charge >= 0.3 is 0 Å². The summed E-state index contributed by atoms with van der Waals surface area (Å²) in [7, 11) is -3.10. The van der Waals surface area contributed by atoms with Gasteiger partial charge < -0.3 is 0 Å². The van der Waals surface area contributed by atoms with E-state index in [0.717, 1.165) is 15.6 Å². The molecule has 0 bridgehead atoms. The van der Waals surface area contributed by atoms with Gasteiger partial charge in [0.1, 0.15) is 0 Å². The summed E-state index contributed by atoms with van der Waals surface area (Å²) in [4.78, 5) is 0.393. The number of halogens is 1. The zero-order valence-electron chi connectivity index (χ0n) is 7.76.